The van der Waals surface area contributed by atoms with Crippen molar-refractivity contribution in [3.63, 3.8) is 0 Å². The van der Waals surface area contributed by atoms with E-state index in [0.29, 0.717) is 6.17 Å². The van der Waals surface area contributed by atoms with E-state index in [1.54, 1.807) is 0 Å². The summed E-state index contributed by atoms with van der Waals surface area (Å²) < 4.78 is 0. The summed E-state index contributed by atoms with van der Waals surface area (Å²) in [6, 6.07) is 17.9. The summed E-state index contributed by atoms with van der Waals surface area (Å²) in [6.45, 7) is 7.09. The average Bonchev–Trinajstić information content (AvgIpc) is 3.43. The second-order valence-corrected chi connectivity index (χ2v) is 9.55. The molecule has 3 N–H and O–H groups in total. The van der Waals surface area contributed by atoms with Gasteiger partial charge in [-0.1, -0.05) is 43.3 Å². The standard InChI is InChI=1S/C25H28N4/c1-3-25-21-17(16-8-4-6-10-19(16)27-21)12-15-29(25)22-24(13-14-26-23(24,25)2)18-9-5-7-11-20(18)28-22/h4-11,22,26-28H,3,12-15H2,1-2H3. The lowest BCUT2D eigenvalue weighted by Crippen LogP contribution is -2.64. The SMILES string of the molecule is CCC12c3[nH]c4ccccc4c3CCN1C1Nc3ccccc3C13CCNC32C. The fourth-order valence-corrected chi connectivity index (χ4v) is 8.01. The van der Waals surface area contributed by atoms with Gasteiger partial charge in [-0.2, -0.15) is 0 Å². The van der Waals surface area contributed by atoms with Crippen LogP contribution in [0, 0.1) is 0 Å². The van der Waals surface area contributed by atoms with Gasteiger partial charge >= 0.3 is 0 Å². The highest BCUT2D eigenvalue weighted by Crippen LogP contribution is 2.68. The van der Waals surface area contributed by atoms with Crippen LogP contribution < -0.4 is 10.6 Å². The minimum Gasteiger partial charge on any atom is -0.368 e. The molecule has 0 amide bonds. The van der Waals surface area contributed by atoms with Gasteiger partial charge in [-0.05, 0) is 56.0 Å². The summed E-state index contributed by atoms with van der Waals surface area (Å²) in [4.78, 5) is 6.73. The molecule has 3 aromatic rings. The number of H-pyrrole nitrogens is 1. The second kappa shape index (κ2) is 5.05. The van der Waals surface area contributed by atoms with E-state index in [4.69, 9.17) is 0 Å². The Labute approximate surface area is 171 Å². The zero-order valence-corrected chi connectivity index (χ0v) is 17.2. The van der Waals surface area contributed by atoms with Gasteiger partial charge < -0.3 is 15.6 Å². The second-order valence-electron chi connectivity index (χ2n) is 9.55. The van der Waals surface area contributed by atoms with Gasteiger partial charge in [0.1, 0.15) is 0 Å². The molecule has 4 aliphatic heterocycles. The zero-order chi connectivity index (χ0) is 19.4. The molecule has 148 valence electrons. The lowest BCUT2D eigenvalue weighted by atomic mass is 9.60. The van der Waals surface area contributed by atoms with Crippen molar-refractivity contribution in [1.82, 2.24) is 15.2 Å². The number of nitrogens with zero attached hydrogens (tertiary/aromatic N) is 1. The van der Waals surface area contributed by atoms with Crippen molar-refractivity contribution in [2.24, 2.45) is 0 Å². The summed E-state index contributed by atoms with van der Waals surface area (Å²) >= 11 is 0. The van der Waals surface area contributed by atoms with E-state index in [1.807, 2.05) is 0 Å². The fourth-order valence-electron chi connectivity index (χ4n) is 8.01. The molecule has 4 unspecified atom stereocenters. The fraction of sp³-hybridized carbons (Fsp3) is 0.440. The molecular formula is C25H28N4. The quantitative estimate of drug-likeness (QED) is 0.592. The van der Waals surface area contributed by atoms with Crippen LogP contribution in [0.15, 0.2) is 48.5 Å². The molecule has 4 aliphatic rings. The number of anilines is 1. The Bertz CT molecular complexity index is 1160. The van der Waals surface area contributed by atoms with Crippen LogP contribution in [0.2, 0.25) is 0 Å². The number of aromatic amines is 1. The molecule has 4 nitrogen and oxygen atoms in total. The molecule has 5 heterocycles. The minimum absolute atomic E-state index is 0.0327. The summed E-state index contributed by atoms with van der Waals surface area (Å²) in [6.07, 6.45) is 3.74. The first-order chi connectivity index (χ1) is 14.2. The molecule has 2 saturated heterocycles. The number of fused-ring (bicyclic) bond motifs is 8. The van der Waals surface area contributed by atoms with Crippen molar-refractivity contribution >= 4 is 16.6 Å². The van der Waals surface area contributed by atoms with Crippen LogP contribution in [0.3, 0.4) is 0 Å². The lowest BCUT2D eigenvalue weighted by Gasteiger charge is -2.52. The smallest absolute Gasteiger partial charge is 0.0920 e. The molecule has 0 radical (unpaired) electrons. The number of aromatic nitrogens is 1. The molecule has 1 spiro atoms. The molecular weight excluding hydrogens is 356 g/mol. The monoisotopic (exact) mass is 384 g/mol. The van der Waals surface area contributed by atoms with Gasteiger partial charge in [0.2, 0.25) is 0 Å². The normalized spacial score (nSPS) is 37.0. The predicted molar refractivity (Wildman–Crippen MR) is 117 cm³/mol. The van der Waals surface area contributed by atoms with Crippen molar-refractivity contribution in [1.29, 1.82) is 0 Å². The van der Waals surface area contributed by atoms with Crippen molar-refractivity contribution < 1.29 is 0 Å². The molecule has 4 heteroatoms. The van der Waals surface area contributed by atoms with Crippen molar-refractivity contribution in [3.05, 3.63) is 65.4 Å². The van der Waals surface area contributed by atoms with E-state index in [-0.39, 0.29) is 16.5 Å². The topological polar surface area (TPSA) is 43.1 Å². The summed E-state index contributed by atoms with van der Waals surface area (Å²) in [5.74, 6) is 0. The Morgan fingerprint density at radius 3 is 2.83 bits per heavy atom. The van der Waals surface area contributed by atoms with Gasteiger partial charge in [0.05, 0.1) is 22.7 Å². The van der Waals surface area contributed by atoms with Gasteiger partial charge in [-0.15, -0.1) is 0 Å². The molecule has 0 bridgehead atoms. The van der Waals surface area contributed by atoms with Crippen LogP contribution in [-0.4, -0.2) is 34.7 Å². The average molecular weight is 385 g/mol. The van der Waals surface area contributed by atoms with Gasteiger partial charge in [-0.25, -0.2) is 0 Å². The van der Waals surface area contributed by atoms with Crippen molar-refractivity contribution in [2.45, 2.75) is 55.8 Å². The molecule has 0 saturated carbocycles. The van der Waals surface area contributed by atoms with Gasteiger partial charge in [-0.3, -0.25) is 4.90 Å². The molecule has 0 aliphatic carbocycles. The number of nitrogens with one attached hydrogen (secondary N) is 3. The minimum atomic E-state index is -0.0404. The summed E-state index contributed by atoms with van der Waals surface area (Å²) in [7, 11) is 0. The number of hydrogen-bond acceptors (Lipinski definition) is 3. The van der Waals surface area contributed by atoms with Crippen LogP contribution in [-0.2, 0) is 17.4 Å². The van der Waals surface area contributed by atoms with E-state index < -0.39 is 0 Å². The van der Waals surface area contributed by atoms with E-state index >= 15 is 0 Å². The first-order valence-corrected chi connectivity index (χ1v) is 11.2. The molecule has 1 aromatic heterocycles. The van der Waals surface area contributed by atoms with E-state index in [2.05, 4.69) is 82.9 Å². The highest BCUT2D eigenvalue weighted by molar-refractivity contribution is 5.86. The third-order valence-electron chi connectivity index (χ3n) is 9.03. The van der Waals surface area contributed by atoms with E-state index in [0.717, 1.165) is 25.9 Å². The maximum absolute atomic E-state index is 4.07. The Morgan fingerprint density at radius 2 is 1.93 bits per heavy atom. The number of rotatable bonds is 1. The van der Waals surface area contributed by atoms with Crippen LogP contribution in [0.4, 0.5) is 5.69 Å². The van der Waals surface area contributed by atoms with Crippen LogP contribution in [0.1, 0.15) is 43.5 Å². The first-order valence-electron chi connectivity index (χ1n) is 11.2. The molecule has 7 rings (SSSR count). The summed E-state index contributed by atoms with van der Waals surface area (Å²) in [5, 5.41) is 9.46. The predicted octanol–water partition coefficient (Wildman–Crippen LogP) is 4.09. The Morgan fingerprint density at radius 1 is 1.10 bits per heavy atom. The van der Waals surface area contributed by atoms with Crippen molar-refractivity contribution in [3.8, 4) is 0 Å². The largest absolute Gasteiger partial charge is 0.368 e. The first kappa shape index (κ1) is 16.5. The van der Waals surface area contributed by atoms with E-state index in [9.17, 15) is 0 Å². The van der Waals surface area contributed by atoms with Gasteiger partial charge in [0.25, 0.3) is 0 Å². The third kappa shape index (κ3) is 1.51. The van der Waals surface area contributed by atoms with Crippen LogP contribution in [0.25, 0.3) is 10.9 Å². The lowest BCUT2D eigenvalue weighted by molar-refractivity contribution is 0.0378. The number of para-hydroxylation sites is 2. The maximum Gasteiger partial charge on any atom is 0.0920 e. The summed E-state index contributed by atoms with van der Waals surface area (Å²) in [5.41, 5.74) is 7.15. The Balaban J connectivity index is 1.57. The third-order valence-corrected chi connectivity index (χ3v) is 9.03. The number of hydrogen-bond donors (Lipinski definition) is 3. The highest BCUT2D eigenvalue weighted by Gasteiger charge is 2.78. The Hall–Kier alpha value is -2.30. The highest BCUT2D eigenvalue weighted by atomic mass is 15.4. The molecule has 2 fully saturated rings. The molecule has 2 aromatic carbocycles. The van der Waals surface area contributed by atoms with Gasteiger partial charge in [0, 0.05) is 28.8 Å². The van der Waals surface area contributed by atoms with Crippen LogP contribution in [0.5, 0.6) is 0 Å². The van der Waals surface area contributed by atoms with E-state index in [1.165, 1.54) is 39.8 Å². The zero-order valence-electron chi connectivity index (χ0n) is 17.2. The number of benzene rings is 2. The van der Waals surface area contributed by atoms with Crippen molar-refractivity contribution in [2.75, 3.05) is 18.4 Å². The Kier molecular flexibility index (Phi) is 2.87. The molecule has 29 heavy (non-hydrogen) atoms. The molecule has 4 atom stereocenters. The van der Waals surface area contributed by atoms with Crippen LogP contribution >= 0.6 is 0 Å². The maximum atomic E-state index is 4.07. The van der Waals surface area contributed by atoms with Gasteiger partial charge in [0.15, 0.2) is 0 Å².